The standard InChI is InChI=1S/C17H25N3OS/c21-15(10-14-9-11-6-7-13(14)8-11)18-17-20-19-16(22-17)12-4-2-1-3-5-12/h11-14H,1-10H2,(H,18,20,21). The van der Waals surface area contributed by atoms with E-state index >= 15 is 0 Å². The minimum atomic E-state index is 0.142. The number of hydrogen-bond donors (Lipinski definition) is 1. The Hall–Kier alpha value is -0.970. The summed E-state index contributed by atoms with van der Waals surface area (Å²) in [6.07, 6.45) is 12.5. The van der Waals surface area contributed by atoms with Crippen LogP contribution in [0.25, 0.3) is 0 Å². The van der Waals surface area contributed by atoms with Crippen molar-refractivity contribution < 1.29 is 4.79 Å². The average Bonchev–Trinajstić information content (AvgIpc) is 3.24. The predicted molar refractivity (Wildman–Crippen MR) is 87.9 cm³/mol. The molecule has 0 aliphatic heterocycles. The first-order chi connectivity index (χ1) is 10.8. The molecule has 0 radical (unpaired) electrons. The van der Waals surface area contributed by atoms with E-state index < -0.39 is 0 Å². The van der Waals surface area contributed by atoms with E-state index in [-0.39, 0.29) is 5.91 Å². The van der Waals surface area contributed by atoms with Crippen LogP contribution in [0, 0.1) is 17.8 Å². The van der Waals surface area contributed by atoms with Crippen LogP contribution in [0.15, 0.2) is 0 Å². The maximum Gasteiger partial charge on any atom is 0.226 e. The highest BCUT2D eigenvalue weighted by atomic mass is 32.1. The molecule has 1 aromatic heterocycles. The van der Waals surface area contributed by atoms with Crippen molar-refractivity contribution in [1.82, 2.24) is 10.2 Å². The summed E-state index contributed by atoms with van der Waals surface area (Å²) in [4.78, 5) is 12.3. The normalized spacial score (nSPS) is 31.5. The minimum Gasteiger partial charge on any atom is -0.301 e. The fourth-order valence-electron chi connectivity index (χ4n) is 4.83. The third-order valence-corrected chi connectivity index (χ3v) is 6.97. The Morgan fingerprint density at radius 2 is 1.95 bits per heavy atom. The van der Waals surface area contributed by atoms with Gasteiger partial charge in [-0.15, -0.1) is 10.2 Å². The van der Waals surface area contributed by atoms with Crippen molar-refractivity contribution in [3.63, 3.8) is 0 Å². The van der Waals surface area contributed by atoms with E-state index in [1.54, 1.807) is 11.3 Å². The van der Waals surface area contributed by atoms with Crippen LogP contribution in [0.3, 0.4) is 0 Å². The number of nitrogens with one attached hydrogen (secondary N) is 1. The van der Waals surface area contributed by atoms with Gasteiger partial charge in [0.2, 0.25) is 11.0 Å². The van der Waals surface area contributed by atoms with Crippen LogP contribution >= 0.6 is 11.3 Å². The van der Waals surface area contributed by atoms with E-state index in [1.165, 1.54) is 57.8 Å². The fraction of sp³-hybridized carbons (Fsp3) is 0.824. The van der Waals surface area contributed by atoms with Crippen LogP contribution in [-0.4, -0.2) is 16.1 Å². The van der Waals surface area contributed by atoms with Gasteiger partial charge in [-0.1, -0.05) is 37.0 Å². The highest BCUT2D eigenvalue weighted by molar-refractivity contribution is 7.15. The first-order valence-electron chi connectivity index (χ1n) is 8.91. The van der Waals surface area contributed by atoms with Gasteiger partial charge in [0.05, 0.1) is 0 Å². The number of hydrogen-bond acceptors (Lipinski definition) is 4. The summed E-state index contributed by atoms with van der Waals surface area (Å²) in [5.41, 5.74) is 0. The van der Waals surface area contributed by atoms with Crippen LogP contribution in [0.4, 0.5) is 5.13 Å². The molecule has 3 atom stereocenters. The molecule has 1 heterocycles. The average molecular weight is 319 g/mol. The molecule has 3 aliphatic rings. The van der Waals surface area contributed by atoms with Crippen molar-refractivity contribution >= 4 is 22.4 Å². The third-order valence-electron chi connectivity index (χ3n) is 5.97. The lowest BCUT2D eigenvalue weighted by molar-refractivity contribution is -0.117. The molecule has 3 fully saturated rings. The highest BCUT2D eigenvalue weighted by Crippen LogP contribution is 2.49. The molecule has 4 rings (SSSR count). The lowest BCUT2D eigenvalue weighted by Crippen LogP contribution is -2.20. The maximum absolute atomic E-state index is 12.3. The van der Waals surface area contributed by atoms with Crippen molar-refractivity contribution in [2.24, 2.45) is 17.8 Å². The molecular weight excluding hydrogens is 294 g/mol. The summed E-state index contributed by atoms with van der Waals surface area (Å²) in [6.45, 7) is 0. The second-order valence-electron chi connectivity index (χ2n) is 7.47. The largest absolute Gasteiger partial charge is 0.301 e. The third kappa shape index (κ3) is 3.05. The van der Waals surface area contributed by atoms with E-state index in [0.717, 1.165) is 16.8 Å². The van der Waals surface area contributed by atoms with E-state index in [2.05, 4.69) is 15.5 Å². The van der Waals surface area contributed by atoms with Gasteiger partial charge in [0, 0.05) is 12.3 Å². The quantitative estimate of drug-likeness (QED) is 0.897. The maximum atomic E-state index is 12.3. The van der Waals surface area contributed by atoms with Gasteiger partial charge in [0.15, 0.2) is 0 Å². The van der Waals surface area contributed by atoms with Crippen molar-refractivity contribution in [1.29, 1.82) is 0 Å². The molecule has 0 spiro atoms. The second-order valence-corrected chi connectivity index (χ2v) is 8.48. The summed E-state index contributed by atoms with van der Waals surface area (Å²) in [5, 5.41) is 13.3. The van der Waals surface area contributed by atoms with Crippen molar-refractivity contribution in [3.8, 4) is 0 Å². The van der Waals surface area contributed by atoms with Gasteiger partial charge < -0.3 is 5.32 Å². The molecule has 1 amide bonds. The Morgan fingerprint density at radius 3 is 2.68 bits per heavy atom. The zero-order valence-electron chi connectivity index (χ0n) is 13.1. The number of carbonyl (C=O) groups is 1. The Labute approximate surface area is 136 Å². The molecule has 5 heteroatoms. The zero-order chi connectivity index (χ0) is 14.9. The topological polar surface area (TPSA) is 54.9 Å². The lowest BCUT2D eigenvalue weighted by Gasteiger charge is -2.20. The summed E-state index contributed by atoms with van der Waals surface area (Å²) >= 11 is 1.59. The van der Waals surface area contributed by atoms with Gasteiger partial charge in [-0.25, -0.2) is 0 Å². The van der Waals surface area contributed by atoms with Crippen molar-refractivity contribution in [3.05, 3.63) is 5.01 Å². The zero-order valence-corrected chi connectivity index (χ0v) is 13.9. The molecule has 1 N–H and O–H groups in total. The Morgan fingerprint density at radius 1 is 1.09 bits per heavy atom. The Bertz CT molecular complexity index is 538. The number of rotatable bonds is 4. The SMILES string of the molecule is O=C(CC1CC2CCC1C2)Nc1nnc(C2CCCCC2)s1. The minimum absolute atomic E-state index is 0.142. The predicted octanol–water partition coefficient (Wildman–Crippen LogP) is 4.35. The summed E-state index contributed by atoms with van der Waals surface area (Å²) in [5.74, 6) is 3.04. The fourth-order valence-corrected chi connectivity index (χ4v) is 5.76. The van der Waals surface area contributed by atoms with E-state index in [1.807, 2.05) is 0 Å². The van der Waals surface area contributed by atoms with Crippen molar-refractivity contribution in [2.45, 2.75) is 70.1 Å². The van der Waals surface area contributed by atoms with Crippen LogP contribution in [0.2, 0.25) is 0 Å². The van der Waals surface area contributed by atoms with Gasteiger partial charge in [-0.05, 0) is 49.9 Å². The smallest absolute Gasteiger partial charge is 0.226 e. The van der Waals surface area contributed by atoms with Crippen LogP contribution in [0.5, 0.6) is 0 Å². The van der Waals surface area contributed by atoms with Crippen LogP contribution in [-0.2, 0) is 4.79 Å². The van der Waals surface area contributed by atoms with Gasteiger partial charge in [0.1, 0.15) is 5.01 Å². The summed E-state index contributed by atoms with van der Waals surface area (Å²) in [6, 6.07) is 0. The first kappa shape index (κ1) is 14.6. The van der Waals surface area contributed by atoms with Crippen LogP contribution in [0.1, 0.15) is 75.1 Å². The number of aromatic nitrogens is 2. The number of nitrogens with zero attached hydrogens (tertiary/aromatic N) is 2. The monoisotopic (exact) mass is 319 g/mol. The molecule has 4 nitrogen and oxygen atoms in total. The van der Waals surface area contributed by atoms with E-state index in [0.29, 0.717) is 23.4 Å². The van der Waals surface area contributed by atoms with Crippen LogP contribution < -0.4 is 5.32 Å². The second kappa shape index (κ2) is 6.26. The number of anilines is 1. The molecule has 3 unspecified atom stereocenters. The molecule has 1 aromatic rings. The molecule has 0 aromatic carbocycles. The number of carbonyl (C=O) groups excluding carboxylic acids is 1. The molecule has 3 aliphatic carbocycles. The molecule has 3 saturated carbocycles. The Balaban J connectivity index is 1.31. The molecule has 22 heavy (non-hydrogen) atoms. The molecule has 2 bridgehead atoms. The van der Waals surface area contributed by atoms with E-state index in [4.69, 9.17) is 0 Å². The Kier molecular flexibility index (Phi) is 4.16. The van der Waals surface area contributed by atoms with E-state index in [9.17, 15) is 4.79 Å². The number of fused-ring (bicyclic) bond motifs is 2. The number of amides is 1. The summed E-state index contributed by atoms with van der Waals surface area (Å²) < 4.78 is 0. The van der Waals surface area contributed by atoms with Gasteiger partial charge in [0.25, 0.3) is 0 Å². The molecule has 120 valence electrons. The van der Waals surface area contributed by atoms with Gasteiger partial charge in [-0.3, -0.25) is 4.79 Å². The first-order valence-corrected chi connectivity index (χ1v) is 9.73. The molecule has 0 saturated heterocycles. The highest BCUT2D eigenvalue weighted by Gasteiger charge is 2.40. The van der Waals surface area contributed by atoms with Gasteiger partial charge in [-0.2, -0.15) is 0 Å². The van der Waals surface area contributed by atoms with Gasteiger partial charge >= 0.3 is 0 Å². The lowest BCUT2D eigenvalue weighted by atomic mass is 9.86. The summed E-state index contributed by atoms with van der Waals surface area (Å²) in [7, 11) is 0. The molecular formula is C17H25N3OS. The van der Waals surface area contributed by atoms with Crippen molar-refractivity contribution in [2.75, 3.05) is 5.32 Å².